The van der Waals surface area contributed by atoms with Crippen LogP contribution in [-0.4, -0.2) is 37.7 Å². The molecule has 0 fully saturated rings. The largest absolute Gasteiger partial charge is 0.444 e. The van der Waals surface area contributed by atoms with Gasteiger partial charge in [0, 0.05) is 24.5 Å². The number of pyridine rings is 1. The fourth-order valence-electron chi connectivity index (χ4n) is 2.88. The number of nitrogens with zero attached hydrogens (tertiary/aromatic N) is 4. The highest BCUT2D eigenvalue weighted by Gasteiger charge is 2.28. The fraction of sp³-hybridized carbons (Fsp3) is 0.500. The lowest BCUT2D eigenvalue weighted by atomic mass is 10.2. The van der Waals surface area contributed by atoms with Gasteiger partial charge in [-0.2, -0.15) is 0 Å². The first-order valence-electron chi connectivity index (χ1n) is 8.22. The van der Waals surface area contributed by atoms with Crippen LogP contribution < -0.4 is 0 Å². The molecule has 1 aliphatic rings. The van der Waals surface area contributed by atoms with Crippen molar-refractivity contribution < 1.29 is 9.53 Å². The second kappa shape index (κ2) is 5.92. The molecule has 0 aromatic carbocycles. The number of carbonyl (C=O) groups is 1. The molecule has 6 nitrogen and oxygen atoms in total. The van der Waals surface area contributed by atoms with Crippen molar-refractivity contribution >= 4 is 6.09 Å². The summed E-state index contributed by atoms with van der Waals surface area (Å²) in [7, 11) is 0. The standard InChI is InChI=1S/C18H24N4O2/c1-12-7-6-8-14(19-12)16-13(2)22-10-9-21(11-15(22)20-16)17(23)24-18(3,4)5/h6-8H,9-11H2,1-5H3. The van der Waals surface area contributed by atoms with Gasteiger partial charge in [0.25, 0.3) is 0 Å². The van der Waals surface area contributed by atoms with E-state index in [0.717, 1.165) is 35.1 Å². The van der Waals surface area contributed by atoms with E-state index in [4.69, 9.17) is 9.72 Å². The van der Waals surface area contributed by atoms with Gasteiger partial charge in [-0.15, -0.1) is 0 Å². The number of hydrogen-bond acceptors (Lipinski definition) is 4. The Bertz CT molecular complexity index is 774. The van der Waals surface area contributed by atoms with Crippen LogP contribution in [0.15, 0.2) is 18.2 Å². The Balaban J connectivity index is 1.86. The Labute approximate surface area is 142 Å². The molecule has 0 saturated carbocycles. The number of rotatable bonds is 1. The highest BCUT2D eigenvalue weighted by molar-refractivity contribution is 5.68. The number of amides is 1. The van der Waals surface area contributed by atoms with Crippen LogP contribution in [0, 0.1) is 13.8 Å². The van der Waals surface area contributed by atoms with E-state index < -0.39 is 5.60 Å². The number of fused-ring (bicyclic) bond motifs is 1. The highest BCUT2D eigenvalue weighted by Crippen LogP contribution is 2.25. The molecule has 2 aromatic heterocycles. The van der Waals surface area contributed by atoms with E-state index in [-0.39, 0.29) is 6.09 Å². The number of imidazole rings is 1. The molecule has 0 saturated heterocycles. The van der Waals surface area contributed by atoms with E-state index in [0.29, 0.717) is 13.1 Å². The number of ether oxygens (including phenoxy) is 1. The van der Waals surface area contributed by atoms with Gasteiger partial charge in [0.05, 0.1) is 12.2 Å². The SMILES string of the molecule is Cc1cccc(-c2nc3n(c2C)CCN(C(=O)OC(C)(C)C)C3)n1. The fourth-order valence-corrected chi connectivity index (χ4v) is 2.88. The average molecular weight is 328 g/mol. The molecule has 6 heteroatoms. The second-order valence-electron chi connectivity index (χ2n) is 7.18. The number of aryl methyl sites for hydroxylation is 1. The maximum absolute atomic E-state index is 12.3. The van der Waals surface area contributed by atoms with E-state index in [9.17, 15) is 4.79 Å². The van der Waals surface area contributed by atoms with Crippen LogP contribution in [0.25, 0.3) is 11.4 Å². The number of carbonyl (C=O) groups excluding carboxylic acids is 1. The molecule has 128 valence electrons. The summed E-state index contributed by atoms with van der Waals surface area (Å²) in [6, 6.07) is 5.93. The zero-order chi connectivity index (χ0) is 17.5. The van der Waals surface area contributed by atoms with E-state index in [2.05, 4.69) is 16.5 Å². The van der Waals surface area contributed by atoms with E-state index in [1.54, 1.807) is 4.90 Å². The predicted molar refractivity (Wildman–Crippen MR) is 91.6 cm³/mol. The van der Waals surface area contributed by atoms with Crippen molar-refractivity contribution in [3.8, 4) is 11.4 Å². The molecule has 3 heterocycles. The smallest absolute Gasteiger partial charge is 0.410 e. The summed E-state index contributed by atoms with van der Waals surface area (Å²) >= 11 is 0. The molecule has 0 N–H and O–H groups in total. The quantitative estimate of drug-likeness (QED) is 0.806. The minimum absolute atomic E-state index is 0.287. The van der Waals surface area contributed by atoms with Gasteiger partial charge >= 0.3 is 6.09 Å². The van der Waals surface area contributed by atoms with E-state index >= 15 is 0 Å². The van der Waals surface area contributed by atoms with Gasteiger partial charge in [-0.1, -0.05) is 6.07 Å². The molecule has 0 atom stereocenters. The Morgan fingerprint density at radius 1 is 1.17 bits per heavy atom. The summed E-state index contributed by atoms with van der Waals surface area (Å²) in [5.41, 5.74) is 3.33. The van der Waals surface area contributed by atoms with Crippen molar-refractivity contribution in [2.75, 3.05) is 6.54 Å². The van der Waals surface area contributed by atoms with Crippen LogP contribution in [0.3, 0.4) is 0 Å². The monoisotopic (exact) mass is 328 g/mol. The number of hydrogen-bond donors (Lipinski definition) is 0. The van der Waals surface area contributed by atoms with Crippen LogP contribution >= 0.6 is 0 Å². The molecule has 3 rings (SSSR count). The predicted octanol–water partition coefficient (Wildman–Crippen LogP) is 3.31. The zero-order valence-corrected chi connectivity index (χ0v) is 15.0. The third-order valence-corrected chi connectivity index (χ3v) is 4.01. The zero-order valence-electron chi connectivity index (χ0n) is 15.0. The highest BCUT2D eigenvalue weighted by atomic mass is 16.6. The van der Waals surface area contributed by atoms with Gasteiger partial charge in [0.15, 0.2) is 0 Å². The molecule has 24 heavy (non-hydrogen) atoms. The van der Waals surface area contributed by atoms with Crippen molar-refractivity contribution in [2.45, 2.75) is 53.3 Å². The van der Waals surface area contributed by atoms with Crippen LogP contribution in [0.1, 0.15) is 38.0 Å². The van der Waals surface area contributed by atoms with Crippen molar-refractivity contribution in [2.24, 2.45) is 0 Å². The molecule has 1 aliphatic heterocycles. The minimum atomic E-state index is -0.490. The second-order valence-corrected chi connectivity index (χ2v) is 7.18. The lowest BCUT2D eigenvalue weighted by molar-refractivity contribution is 0.0194. The van der Waals surface area contributed by atoms with Crippen LogP contribution in [0.2, 0.25) is 0 Å². The van der Waals surface area contributed by atoms with E-state index in [1.807, 2.05) is 45.9 Å². The maximum atomic E-state index is 12.3. The number of aromatic nitrogens is 3. The Morgan fingerprint density at radius 3 is 2.58 bits per heavy atom. The van der Waals surface area contributed by atoms with Crippen molar-refractivity contribution in [3.05, 3.63) is 35.4 Å². The molecule has 0 spiro atoms. The maximum Gasteiger partial charge on any atom is 0.410 e. The van der Waals surface area contributed by atoms with Crippen LogP contribution in [0.5, 0.6) is 0 Å². The van der Waals surface area contributed by atoms with Gasteiger partial charge < -0.3 is 9.30 Å². The molecular formula is C18H24N4O2. The first kappa shape index (κ1) is 16.5. The van der Waals surface area contributed by atoms with Crippen molar-refractivity contribution in [1.82, 2.24) is 19.4 Å². The Kier molecular flexibility index (Phi) is 4.07. The molecule has 0 bridgehead atoms. The molecule has 0 aliphatic carbocycles. The summed E-state index contributed by atoms with van der Waals surface area (Å²) in [4.78, 5) is 23.3. The summed E-state index contributed by atoms with van der Waals surface area (Å²) in [5, 5.41) is 0. The normalized spacial score (nSPS) is 14.5. The van der Waals surface area contributed by atoms with Crippen molar-refractivity contribution in [1.29, 1.82) is 0 Å². The average Bonchev–Trinajstić information content (AvgIpc) is 2.82. The van der Waals surface area contributed by atoms with Crippen molar-refractivity contribution in [3.63, 3.8) is 0 Å². The topological polar surface area (TPSA) is 60.2 Å². The molecule has 0 unspecified atom stereocenters. The molecule has 0 radical (unpaired) electrons. The summed E-state index contributed by atoms with van der Waals surface area (Å²) in [6.45, 7) is 11.5. The Hall–Kier alpha value is -2.37. The van der Waals surface area contributed by atoms with Crippen LogP contribution in [-0.2, 0) is 17.8 Å². The first-order chi connectivity index (χ1) is 11.2. The van der Waals surface area contributed by atoms with E-state index in [1.165, 1.54) is 0 Å². The minimum Gasteiger partial charge on any atom is -0.444 e. The third kappa shape index (κ3) is 3.27. The summed E-state index contributed by atoms with van der Waals surface area (Å²) in [6.07, 6.45) is -0.287. The van der Waals surface area contributed by atoms with Gasteiger partial charge in [-0.25, -0.2) is 9.78 Å². The lowest BCUT2D eigenvalue weighted by Gasteiger charge is -2.30. The summed E-state index contributed by atoms with van der Waals surface area (Å²) < 4.78 is 7.63. The first-order valence-corrected chi connectivity index (χ1v) is 8.22. The lowest BCUT2D eigenvalue weighted by Crippen LogP contribution is -2.41. The van der Waals surface area contributed by atoms with Crippen LogP contribution in [0.4, 0.5) is 4.79 Å². The Morgan fingerprint density at radius 2 is 1.92 bits per heavy atom. The summed E-state index contributed by atoms with van der Waals surface area (Å²) in [5.74, 6) is 0.878. The molecule has 1 amide bonds. The van der Waals surface area contributed by atoms with Gasteiger partial charge in [-0.05, 0) is 46.8 Å². The van der Waals surface area contributed by atoms with Gasteiger partial charge in [0.1, 0.15) is 17.1 Å². The molecule has 2 aromatic rings. The third-order valence-electron chi connectivity index (χ3n) is 4.01. The molecular weight excluding hydrogens is 304 g/mol. The van der Waals surface area contributed by atoms with Gasteiger partial charge in [-0.3, -0.25) is 9.88 Å². The van der Waals surface area contributed by atoms with Gasteiger partial charge in [0.2, 0.25) is 0 Å².